The highest BCUT2D eigenvalue weighted by Crippen LogP contribution is 2.25. The molecular formula is C20H19NO. The molecule has 0 heterocycles. The van der Waals surface area contributed by atoms with Crippen molar-refractivity contribution in [3.8, 4) is 0 Å². The van der Waals surface area contributed by atoms with Gasteiger partial charge in [-0.25, -0.2) is 0 Å². The number of carbonyl (C=O) groups is 1. The van der Waals surface area contributed by atoms with E-state index in [9.17, 15) is 4.79 Å². The minimum Gasteiger partial charge on any atom is -0.311 e. The molecule has 3 aromatic carbocycles. The quantitative estimate of drug-likeness (QED) is 0.667. The third-order valence-electron chi connectivity index (χ3n) is 4.26. The molecule has 22 heavy (non-hydrogen) atoms. The molecule has 0 unspecified atom stereocenters. The number of anilines is 1. The number of amides is 1. The molecule has 0 aliphatic carbocycles. The van der Waals surface area contributed by atoms with Gasteiger partial charge in [0.15, 0.2) is 0 Å². The van der Waals surface area contributed by atoms with Crippen LogP contribution in [-0.4, -0.2) is 13.0 Å². The summed E-state index contributed by atoms with van der Waals surface area (Å²) < 4.78 is 0. The van der Waals surface area contributed by atoms with Crippen molar-refractivity contribution in [3.05, 3.63) is 77.4 Å². The van der Waals surface area contributed by atoms with Crippen molar-refractivity contribution in [2.75, 3.05) is 11.9 Å². The van der Waals surface area contributed by atoms with E-state index in [1.165, 1.54) is 5.56 Å². The Morgan fingerprint density at radius 2 is 1.55 bits per heavy atom. The van der Waals surface area contributed by atoms with Gasteiger partial charge in [0.05, 0.1) is 0 Å². The second kappa shape index (κ2) is 5.64. The summed E-state index contributed by atoms with van der Waals surface area (Å²) in [6, 6.07) is 19.9. The van der Waals surface area contributed by atoms with Crippen LogP contribution in [0.2, 0.25) is 0 Å². The minimum atomic E-state index is 0.0190. The van der Waals surface area contributed by atoms with Crippen LogP contribution in [0.5, 0.6) is 0 Å². The zero-order valence-corrected chi connectivity index (χ0v) is 13.1. The van der Waals surface area contributed by atoms with Gasteiger partial charge in [-0.05, 0) is 47.9 Å². The van der Waals surface area contributed by atoms with Crippen molar-refractivity contribution in [2.45, 2.75) is 13.8 Å². The summed E-state index contributed by atoms with van der Waals surface area (Å²) in [5, 5.41) is 2.08. The van der Waals surface area contributed by atoms with Gasteiger partial charge in [0.1, 0.15) is 0 Å². The van der Waals surface area contributed by atoms with Gasteiger partial charge in [-0.3, -0.25) is 4.79 Å². The third-order valence-corrected chi connectivity index (χ3v) is 4.26. The fourth-order valence-corrected chi connectivity index (χ4v) is 2.80. The molecule has 110 valence electrons. The zero-order chi connectivity index (χ0) is 15.7. The van der Waals surface area contributed by atoms with Gasteiger partial charge in [0, 0.05) is 18.3 Å². The molecule has 0 N–H and O–H groups in total. The van der Waals surface area contributed by atoms with Gasteiger partial charge < -0.3 is 4.90 Å². The van der Waals surface area contributed by atoms with Gasteiger partial charge in [0.25, 0.3) is 5.91 Å². The highest BCUT2D eigenvalue weighted by molar-refractivity contribution is 6.14. The number of hydrogen-bond donors (Lipinski definition) is 0. The predicted molar refractivity (Wildman–Crippen MR) is 92.6 cm³/mol. The highest BCUT2D eigenvalue weighted by Gasteiger charge is 2.17. The summed E-state index contributed by atoms with van der Waals surface area (Å²) in [5.74, 6) is 0.0190. The Balaban J connectivity index is 2.08. The molecule has 0 saturated carbocycles. The Labute approximate surface area is 131 Å². The molecule has 0 atom stereocenters. The zero-order valence-electron chi connectivity index (χ0n) is 13.1. The second-order valence-corrected chi connectivity index (χ2v) is 5.61. The van der Waals surface area contributed by atoms with Crippen LogP contribution in [-0.2, 0) is 0 Å². The number of rotatable bonds is 2. The molecule has 0 aliphatic rings. The standard InChI is InChI=1S/C20H19NO/c1-14-8-6-13-19(15(14)2)21(3)20(22)18-12-7-10-16-9-4-5-11-17(16)18/h4-13H,1-3H3. The van der Waals surface area contributed by atoms with E-state index in [2.05, 4.69) is 19.9 Å². The predicted octanol–water partition coefficient (Wildman–Crippen LogP) is 4.73. The van der Waals surface area contributed by atoms with Crippen molar-refractivity contribution in [2.24, 2.45) is 0 Å². The van der Waals surface area contributed by atoms with E-state index in [0.717, 1.165) is 27.6 Å². The van der Waals surface area contributed by atoms with E-state index in [-0.39, 0.29) is 5.91 Å². The second-order valence-electron chi connectivity index (χ2n) is 5.61. The van der Waals surface area contributed by atoms with E-state index >= 15 is 0 Å². The molecule has 0 bridgehead atoms. The summed E-state index contributed by atoms with van der Waals surface area (Å²) in [4.78, 5) is 14.7. The number of aryl methyl sites for hydroxylation is 1. The van der Waals surface area contributed by atoms with Crippen LogP contribution in [0.3, 0.4) is 0 Å². The number of benzene rings is 3. The molecule has 0 spiro atoms. The van der Waals surface area contributed by atoms with Crippen molar-refractivity contribution in [1.29, 1.82) is 0 Å². The summed E-state index contributed by atoms with van der Waals surface area (Å²) in [5.41, 5.74) is 4.02. The largest absolute Gasteiger partial charge is 0.311 e. The maximum absolute atomic E-state index is 12.9. The van der Waals surface area contributed by atoms with Crippen LogP contribution in [0.4, 0.5) is 5.69 Å². The third kappa shape index (κ3) is 2.37. The fourth-order valence-electron chi connectivity index (χ4n) is 2.80. The summed E-state index contributed by atoms with van der Waals surface area (Å²) in [7, 11) is 1.84. The van der Waals surface area contributed by atoms with Crippen LogP contribution >= 0.6 is 0 Å². The number of fused-ring (bicyclic) bond motifs is 1. The van der Waals surface area contributed by atoms with Crippen molar-refractivity contribution < 1.29 is 4.79 Å². The lowest BCUT2D eigenvalue weighted by Crippen LogP contribution is -2.27. The maximum atomic E-state index is 12.9. The minimum absolute atomic E-state index is 0.0190. The molecule has 2 nitrogen and oxygen atoms in total. The number of carbonyl (C=O) groups excluding carboxylic acids is 1. The van der Waals surface area contributed by atoms with E-state index in [4.69, 9.17) is 0 Å². The monoisotopic (exact) mass is 289 g/mol. The van der Waals surface area contributed by atoms with Gasteiger partial charge in [0.2, 0.25) is 0 Å². The Morgan fingerprint density at radius 1 is 0.864 bits per heavy atom. The van der Waals surface area contributed by atoms with Gasteiger partial charge in [-0.15, -0.1) is 0 Å². The first-order chi connectivity index (χ1) is 10.6. The van der Waals surface area contributed by atoms with Gasteiger partial charge >= 0.3 is 0 Å². The molecule has 3 rings (SSSR count). The average Bonchev–Trinajstić information content (AvgIpc) is 2.55. The van der Waals surface area contributed by atoms with Crippen LogP contribution in [0, 0.1) is 13.8 Å². The lowest BCUT2D eigenvalue weighted by atomic mass is 10.0. The Hall–Kier alpha value is -2.61. The SMILES string of the molecule is Cc1cccc(N(C)C(=O)c2cccc3ccccc23)c1C. The molecule has 0 aromatic heterocycles. The highest BCUT2D eigenvalue weighted by atomic mass is 16.2. The number of nitrogens with zero attached hydrogens (tertiary/aromatic N) is 1. The summed E-state index contributed by atoms with van der Waals surface area (Å²) in [6.07, 6.45) is 0. The molecule has 0 aliphatic heterocycles. The normalized spacial score (nSPS) is 10.7. The smallest absolute Gasteiger partial charge is 0.258 e. The van der Waals surface area contributed by atoms with Gasteiger partial charge in [-0.1, -0.05) is 48.5 Å². The maximum Gasteiger partial charge on any atom is 0.258 e. The van der Waals surface area contributed by atoms with E-state index in [0.29, 0.717) is 0 Å². The van der Waals surface area contributed by atoms with E-state index < -0.39 is 0 Å². The molecular weight excluding hydrogens is 270 g/mol. The van der Waals surface area contributed by atoms with Crippen LogP contribution < -0.4 is 4.90 Å². The molecule has 2 heteroatoms. The van der Waals surface area contributed by atoms with Crippen LogP contribution in [0.25, 0.3) is 10.8 Å². The summed E-state index contributed by atoms with van der Waals surface area (Å²) in [6.45, 7) is 4.12. The van der Waals surface area contributed by atoms with Crippen molar-refractivity contribution in [3.63, 3.8) is 0 Å². The van der Waals surface area contributed by atoms with Gasteiger partial charge in [-0.2, -0.15) is 0 Å². The van der Waals surface area contributed by atoms with Crippen LogP contribution in [0.1, 0.15) is 21.5 Å². The Bertz CT molecular complexity index is 846. The first-order valence-electron chi connectivity index (χ1n) is 7.41. The summed E-state index contributed by atoms with van der Waals surface area (Å²) >= 11 is 0. The molecule has 0 fully saturated rings. The Morgan fingerprint density at radius 3 is 2.36 bits per heavy atom. The molecule has 0 saturated heterocycles. The van der Waals surface area contributed by atoms with E-state index in [1.807, 2.05) is 61.6 Å². The fraction of sp³-hybridized carbons (Fsp3) is 0.150. The lowest BCUT2D eigenvalue weighted by Gasteiger charge is -2.21. The first-order valence-corrected chi connectivity index (χ1v) is 7.41. The first kappa shape index (κ1) is 14.3. The molecule has 3 aromatic rings. The lowest BCUT2D eigenvalue weighted by molar-refractivity contribution is 0.0994. The Kier molecular flexibility index (Phi) is 3.68. The van der Waals surface area contributed by atoms with E-state index in [1.54, 1.807) is 4.90 Å². The molecule has 0 radical (unpaired) electrons. The number of hydrogen-bond acceptors (Lipinski definition) is 1. The average molecular weight is 289 g/mol. The van der Waals surface area contributed by atoms with Crippen molar-refractivity contribution >= 4 is 22.4 Å². The topological polar surface area (TPSA) is 20.3 Å². The molecule has 1 amide bonds. The van der Waals surface area contributed by atoms with Crippen LogP contribution in [0.15, 0.2) is 60.7 Å². The van der Waals surface area contributed by atoms with Crippen molar-refractivity contribution in [1.82, 2.24) is 0 Å².